The van der Waals surface area contributed by atoms with Crippen LogP contribution in [0.25, 0.3) is 26.7 Å². The van der Waals surface area contributed by atoms with E-state index in [1.165, 1.54) is 17.4 Å². The lowest BCUT2D eigenvalue weighted by atomic mass is 9.98. The summed E-state index contributed by atoms with van der Waals surface area (Å²) < 4.78 is 22.0. The highest BCUT2D eigenvalue weighted by Crippen LogP contribution is 2.34. The van der Waals surface area contributed by atoms with Crippen LogP contribution in [0.15, 0.2) is 53.4 Å². The van der Waals surface area contributed by atoms with Crippen molar-refractivity contribution >= 4 is 67.5 Å². The number of nitrogens with one attached hydrogen (secondary N) is 2. The maximum Gasteiger partial charge on any atom is 0.410 e. The number of fused-ring (bicyclic) bond motifs is 2. The predicted octanol–water partition coefficient (Wildman–Crippen LogP) is 5.74. The fourth-order valence-electron chi connectivity index (χ4n) is 4.73. The van der Waals surface area contributed by atoms with Crippen LogP contribution in [0, 0.1) is 0 Å². The summed E-state index contributed by atoms with van der Waals surface area (Å²) in [7, 11) is 1.66. The van der Waals surface area contributed by atoms with E-state index in [0.717, 1.165) is 26.9 Å². The predicted molar refractivity (Wildman–Crippen MR) is 164 cm³/mol. The lowest BCUT2D eigenvalue weighted by molar-refractivity contribution is 0.0125. The number of carbonyl (C=O) groups is 1. The Morgan fingerprint density at radius 2 is 2.05 bits per heavy atom. The number of benzene rings is 2. The van der Waals surface area contributed by atoms with Gasteiger partial charge in [0.15, 0.2) is 0 Å². The maximum atomic E-state index is 15.5. The number of thiazole rings is 1. The molecule has 1 saturated heterocycles. The molecule has 4 aromatic rings. The van der Waals surface area contributed by atoms with E-state index in [4.69, 9.17) is 10.5 Å². The molecule has 12 heteroatoms. The van der Waals surface area contributed by atoms with Crippen molar-refractivity contribution in [1.29, 1.82) is 0 Å². The number of nitrogens with two attached hydrogens (primary N) is 1. The highest BCUT2D eigenvalue weighted by molar-refractivity contribution is 7.16. The van der Waals surface area contributed by atoms with Crippen LogP contribution in [0.3, 0.4) is 0 Å². The molecule has 3 heterocycles. The topological polar surface area (TPSA) is 131 Å². The molecule has 4 N–H and O–H groups in total. The van der Waals surface area contributed by atoms with E-state index in [2.05, 4.69) is 30.6 Å². The minimum absolute atomic E-state index is 0.0680. The number of amides is 1. The summed E-state index contributed by atoms with van der Waals surface area (Å²) in [6, 6.07) is 9.17. The van der Waals surface area contributed by atoms with Crippen LogP contribution in [0.5, 0.6) is 0 Å². The fourth-order valence-corrected chi connectivity index (χ4v) is 5.45. The molecule has 10 nitrogen and oxygen atoms in total. The Kier molecular flexibility index (Phi) is 8.02. The number of hydrogen-bond donors (Lipinski definition) is 3. The van der Waals surface area contributed by atoms with Gasteiger partial charge in [0.05, 0.1) is 33.8 Å². The van der Waals surface area contributed by atoms with Gasteiger partial charge in [0.2, 0.25) is 0 Å². The molecule has 2 atom stereocenters. The molecule has 0 bridgehead atoms. The molecule has 1 unspecified atom stereocenters. The fraction of sp³-hybridized carbons (Fsp3) is 0.345. The Morgan fingerprint density at radius 3 is 2.78 bits per heavy atom. The van der Waals surface area contributed by atoms with E-state index in [9.17, 15) is 4.79 Å². The number of piperidine rings is 1. The van der Waals surface area contributed by atoms with Gasteiger partial charge in [-0.05, 0) is 57.5 Å². The summed E-state index contributed by atoms with van der Waals surface area (Å²) in [4.78, 5) is 31.4. The van der Waals surface area contributed by atoms with Crippen molar-refractivity contribution in [2.45, 2.75) is 45.0 Å². The van der Waals surface area contributed by atoms with Gasteiger partial charge in [-0.2, -0.15) is 0 Å². The number of alkyl halides is 1. The highest BCUT2D eigenvalue weighted by Gasteiger charge is 2.34. The second kappa shape index (κ2) is 11.7. The number of aliphatic imine (C=N–C) groups is 1. The Bertz CT molecular complexity index is 1630. The molecule has 41 heavy (non-hydrogen) atoms. The Labute approximate surface area is 241 Å². The first kappa shape index (κ1) is 28.2. The average Bonchev–Trinajstić information content (AvgIpc) is 3.40. The van der Waals surface area contributed by atoms with Crippen LogP contribution in [0.1, 0.15) is 32.8 Å². The summed E-state index contributed by atoms with van der Waals surface area (Å²) in [6.45, 7) is 5.67. The monoisotopic (exact) mass is 576 g/mol. The zero-order valence-corrected chi connectivity index (χ0v) is 24.2. The van der Waals surface area contributed by atoms with Gasteiger partial charge in [-0.15, -0.1) is 11.3 Å². The third-order valence-electron chi connectivity index (χ3n) is 6.66. The van der Waals surface area contributed by atoms with Crippen molar-refractivity contribution in [3.8, 4) is 0 Å². The standard InChI is InChI=1S/C29H33FN8O2S/c1-29(2,3)40-28(39)38-8-7-22(21(30)14-38)37-25-11-20-24(10-19(25)17(12-31)13-32-4)33-15-34-27(20)36-18-5-6-23-26(9-18)41-16-35-23/h5-6,9-13,15-16,21-22,37H,7-8,14,31H2,1-4H3,(H,33,34,36)/b17-12+,32-13?/t21-,22?/m1/s1. The van der Waals surface area contributed by atoms with Gasteiger partial charge < -0.3 is 26.0 Å². The quantitative estimate of drug-likeness (QED) is 0.248. The number of rotatable bonds is 6. The molecule has 1 amide bonds. The number of halogens is 1. The highest BCUT2D eigenvalue weighted by atomic mass is 32.1. The van der Waals surface area contributed by atoms with Crippen LogP contribution in [-0.4, -0.2) is 70.1 Å². The number of anilines is 3. The van der Waals surface area contributed by atoms with Crippen LogP contribution < -0.4 is 16.4 Å². The largest absolute Gasteiger partial charge is 0.444 e. The lowest BCUT2D eigenvalue weighted by Crippen LogP contribution is -2.51. The summed E-state index contributed by atoms with van der Waals surface area (Å²) in [5.41, 5.74) is 11.6. The number of aromatic nitrogens is 3. The summed E-state index contributed by atoms with van der Waals surface area (Å²) in [5.74, 6) is 0.604. The van der Waals surface area contributed by atoms with Gasteiger partial charge in [-0.25, -0.2) is 24.1 Å². The van der Waals surface area contributed by atoms with Crippen molar-refractivity contribution in [3.63, 3.8) is 0 Å². The molecule has 2 aromatic heterocycles. The van der Waals surface area contributed by atoms with Crippen LogP contribution in [-0.2, 0) is 4.74 Å². The number of carbonyl (C=O) groups excluding carboxylic acids is 1. The van der Waals surface area contributed by atoms with E-state index in [1.54, 1.807) is 45.4 Å². The van der Waals surface area contributed by atoms with E-state index in [-0.39, 0.29) is 6.54 Å². The first-order chi connectivity index (χ1) is 19.6. The number of likely N-dealkylation sites (tertiary alicyclic amines) is 1. The van der Waals surface area contributed by atoms with Crippen LogP contribution in [0.2, 0.25) is 0 Å². The SMILES string of the molecule is CN=C/C(=C\N)c1cc2ncnc(Nc3ccc4ncsc4c3)c2cc1NC1CCN(C(=O)OC(C)(C)C)C[C@H]1F. The summed E-state index contributed by atoms with van der Waals surface area (Å²) >= 11 is 1.56. The molecule has 1 aliphatic heterocycles. The van der Waals surface area contributed by atoms with Gasteiger partial charge in [-0.3, -0.25) is 4.99 Å². The first-order valence-electron chi connectivity index (χ1n) is 13.3. The third kappa shape index (κ3) is 6.37. The maximum absolute atomic E-state index is 15.5. The normalized spacial score (nSPS) is 18.3. The number of hydrogen-bond acceptors (Lipinski definition) is 10. The van der Waals surface area contributed by atoms with Gasteiger partial charge in [0.1, 0.15) is 23.9 Å². The van der Waals surface area contributed by atoms with Crippen molar-refractivity contribution in [3.05, 3.63) is 53.9 Å². The third-order valence-corrected chi connectivity index (χ3v) is 7.45. The second-order valence-electron chi connectivity index (χ2n) is 10.8. The molecule has 5 rings (SSSR count). The molecule has 1 fully saturated rings. The van der Waals surface area contributed by atoms with Crippen molar-refractivity contribution in [2.75, 3.05) is 30.8 Å². The number of ether oxygens (including phenoxy) is 1. The second-order valence-corrected chi connectivity index (χ2v) is 11.7. The average molecular weight is 577 g/mol. The molecule has 0 radical (unpaired) electrons. The van der Waals surface area contributed by atoms with Crippen molar-refractivity contribution < 1.29 is 13.9 Å². The Morgan fingerprint density at radius 1 is 1.22 bits per heavy atom. The summed E-state index contributed by atoms with van der Waals surface area (Å²) in [5, 5.41) is 7.52. The Hall–Kier alpha value is -4.32. The van der Waals surface area contributed by atoms with Gasteiger partial charge in [0.25, 0.3) is 0 Å². The minimum atomic E-state index is -1.32. The first-order valence-corrected chi connectivity index (χ1v) is 14.1. The molecule has 0 saturated carbocycles. The summed E-state index contributed by atoms with van der Waals surface area (Å²) in [6.07, 6.45) is 3.17. The smallest absolute Gasteiger partial charge is 0.410 e. The van der Waals surface area contributed by atoms with E-state index < -0.39 is 23.9 Å². The zero-order valence-electron chi connectivity index (χ0n) is 23.4. The minimum Gasteiger partial charge on any atom is -0.444 e. The van der Waals surface area contributed by atoms with Crippen molar-refractivity contribution in [1.82, 2.24) is 19.9 Å². The van der Waals surface area contributed by atoms with Crippen LogP contribution in [0.4, 0.5) is 26.4 Å². The van der Waals surface area contributed by atoms with Crippen molar-refractivity contribution in [2.24, 2.45) is 10.7 Å². The lowest BCUT2D eigenvalue weighted by Gasteiger charge is -2.36. The molecular weight excluding hydrogens is 543 g/mol. The molecule has 1 aliphatic rings. The molecule has 214 valence electrons. The Balaban J connectivity index is 1.47. The molecular formula is C29H33FN8O2S. The van der Waals surface area contributed by atoms with Crippen LogP contribution >= 0.6 is 11.3 Å². The zero-order chi connectivity index (χ0) is 29.1. The van der Waals surface area contributed by atoms with E-state index >= 15 is 4.39 Å². The number of allylic oxidation sites excluding steroid dienone is 1. The van der Waals surface area contributed by atoms with Gasteiger partial charge >= 0.3 is 6.09 Å². The van der Waals surface area contributed by atoms with Gasteiger partial charge in [0, 0.05) is 53.9 Å². The van der Waals surface area contributed by atoms with E-state index in [0.29, 0.717) is 35.6 Å². The van der Waals surface area contributed by atoms with E-state index in [1.807, 2.05) is 35.8 Å². The van der Waals surface area contributed by atoms with Gasteiger partial charge in [-0.1, -0.05) is 0 Å². The molecule has 2 aromatic carbocycles. The molecule has 0 aliphatic carbocycles. The molecule has 0 spiro atoms. The number of nitrogens with zero attached hydrogens (tertiary/aromatic N) is 5.